The van der Waals surface area contributed by atoms with Gasteiger partial charge in [-0.05, 0) is 45.7 Å². The zero-order valence-electron chi connectivity index (χ0n) is 11.6. The lowest BCUT2D eigenvalue weighted by Gasteiger charge is -2.33. The number of nitrogens with one attached hydrogen (secondary N) is 1. The Hall–Kier alpha value is -0.610. The van der Waals surface area contributed by atoms with Gasteiger partial charge in [-0.1, -0.05) is 12.8 Å². The summed E-state index contributed by atoms with van der Waals surface area (Å²) in [5.41, 5.74) is 0. The predicted molar refractivity (Wildman–Crippen MR) is 71.1 cm³/mol. The van der Waals surface area contributed by atoms with E-state index in [0.29, 0.717) is 24.0 Å². The maximum atomic E-state index is 12.4. The number of carbonyl (C=O) groups is 1. The first-order valence-electron chi connectivity index (χ1n) is 7.43. The number of amides is 1. The van der Waals surface area contributed by atoms with Gasteiger partial charge in [-0.25, -0.2) is 0 Å². The number of nitrogens with zero attached hydrogens (tertiary/aromatic N) is 2. The minimum atomic E-state index is 0.0153. The van der Waals surface area contributed by atoms with Crippen LogP contribution in [-0.2, 0) is 4.79 Å². The molecular weight excluding hydrogens is 226 g/mol. The molecule has 4 heteroatoms. The van der Waals surface area contributed by atoms with Crippen molar-refractivity contribution in [3.05, 3.63) is 0 Å². The normalized spacial score (nSPS) is 39.1. The molecule has 2 heterocycles. The van der Waals surface area contributed by atoms with Crippen molar-refractivity contribution in [3.8, 4) is 0 Å². The van der Waals surface area contributed by atoms with Crippen molar-refractivity contribution < 1.29 is 4.79 Å². The van der Waals surface area contributed by atoms with E-state index in [1.807, 2.05) is 6.92 Å². The average molecular weight is 251 g/mol. The molecule has 1 N–H and O–H groups in total. The molecular formula is C14H25N3O. The number of carbonyl (C=O) groups excluding carboxylic acids is 1. The van der Waals surface area contributed by atoms with Crippen LogP contribution in [0, 0.1) is 5.92 Å². The van der Waals surface area contributed by atoms with Gasteiger partial charge in [0.05, 0.1) is 12.2 Å². The molecule has 3 aliphatic rings. The Morgan fingerprint density at radius 1 is 1.22 bits per heavy atom. The molecule has 3 unspecified atom stereocenters. The summed E-state index contributed by atoms with van der Waals surface area (Å²) in [7, 11) is 2.15. The molecule has 3 fully saturated rings. The van der Waals surface area contributed by atoms with Crippen LogP contribution in [-0.4, -0.2) is 54.1 Å². The first-order valence-corrected chi connectivity index (χ1v) is 7.43. The van der Waals surface area contributed by atoms with Crippen LogP contribution in [0.3, 0.4) is 0 Å². The molecule has 0 bridgehead atoms. The van der Waals surface area contributed by atoms with Gasteiger partial charge in [0.2, 0.25) is 5.91 Å². The first-order chi connectivity index (χ1) is 8.66. The second-order valence-electron chi connectivity index (χ2n) is 6.33. The maximum absolute atomic E-state index is 12.4. The van der Waals surface area contributed by atoms with Gasteiger partial charge in [0.25, 0.3) is 0 Å². The van der Waals surface area contributed by atoms with Crippen LogP contribution in [0.4, 0.5) is 0 Å². The lowest BCUT2D eigenvalue weighted by atomic mass is 10.0. The van der Waals surface area contributed by atoms with Crippen LogP contribution in [0.1, 0.15) is 39.0 Å². The third-order valence-electron chi connectivity index (χ3n) is 4.95. The second-order valence-corrected chi connectivity index (χ2v) is 6.33. The molecule has 2 aliphatic heterocycles. The summed E-state index contributed by atoms with van der Waals surface area (Å²) in [6, 6.07) is 0.451. The van der Waals surface area contributed by atoms with E-state index in [0.717, 1.165) is 19.5 Å². The Morgan fingerprint density at radius 2 is 1.94 bits per heavy atom. The van der Waals surface area contributed by atoms with E-state index in [4.69, 9.17) is 0 Å². The molecule has 1 aliphatic carbocycles. The summed E-state index contributed by atoms with van der Waals surface area (Å²) in [5, 5.41) is 3.55. The Kier molecular flexibility index (Phi) is 3.32. The number of hydrogen-bond donors (Lipinski definition) is 1. The highest BCUT2D eigenvalue weighted by Gasteiger charge is 2.45. The smallest absolute Gasteiger partial charge is 0.241 e. The minimum absolute atomic E-state index is 0.0153. The molecule has 0 aromatic carbocycles. The number of likely N-dealkylation sites (N-methyl/N-ethyl adjacent to an activating group) is 1. The van der Waals surface area contributed by atoms with Crippen molar-refractivity contribution in [1.82, 2.24) is 15.1 Å². The van der Waals surface area contributed by atoms with Crippen molar-refractivity contribution in [2.45, 2.75) is 57.3 Å². The second kappa shape index (κ2) is 4.82. The molecule has 0 radical (unpaired) electrons. The van der Waals surface area contributed by atoms with Crippen LogP contribution in [0.15, 0.2) is 0 Å². The minimum Gasteiger partial charge on any atom is -0.321 e. The Balaban J connectivity index is 1.76. The summed E-state index contributed by atoms with van der Waals surface area (Å²) in [5.74, 6) is 1.01. The quantitative estimate of drug-likeness (QED) is 0.796. The molecule has 1 amide bonds. The van der Waals surface area contributed by atoms with Crippen molar-refractivity contribution >= 4 is 5.91 Å². The molecule has 4 nitrogen and oxygen atoms in total. The lowest BCUT2D eigenvalue weighted by molar-refractivity contribution is -0.132. The average Bonchev–Trinajstić information content (AvgIpc) is 3.02. The molecule has 0 spiro atoms. The lowest BCUT2D eigenvalue weighted by Crippen LogP contribution is -2.48. The third kappa shape index (κ3) is 2.05. The van der Waals surface area contributed by atoms with Crippen LogP contribution in [0.5, 0.6) is 0 Å². The van der Waals surface area contributed by atoms with Crippen LogP contribution < -0.4 is 5.32 Å². The molecule has 0 aromatic heterocycles. The van der Waals surface area contributed by atoms with Crippen molar-refractivity contribution in [2.75, 3.05) is 20.1 Å². The number of likely N-dealkylation sites (tertiary alicyclic amines) is 1. The Bertz CT molecular complexity index is 327. The summed E-state index contributed by atoms with van der Waals surface area (Å²) in [4.78, 5) is 16.9. The highest BCUT2D eigenvalue weighted by Crippen LogP contribution is 2.34. The van der Waals surface area contributed by atoms with Crippen molar-refractivity contribution in [1.29, 1.82) is 0 Å². The fourth-order valence-corrected chi connectivity index (χ4v) is 3.95. The highest BCUT2D eigenvalue weighted by atomic mass is 16.2. The fourth-order valence-electron chi connectivity index (χ4n) is 3.95. The highest BCUT2D eigenvalue weighted by molar-refractivity contribution is 5.84. The van der Waals surface area contributed by atoms with Crippen LogP contribution in [0.2, 0.25) is 0 Å². The van der Waals surface area contributed by atoms with Crippen molar-refractivity contribution in [3.63, 3.8) is 0 Å². The Morgan fingerprint density at radius 3 is 2.56 bits per heavy atom. The molecule has 18 heavy (non-hydrogen) atoms. The molecule has 102 valence electrons. The summed E-state index contributed by atoms with van der Waals surface area (Å²) in [6.07, 6.45) is 6.70. The molecule has 2 saturated heterocycles. The van der Waals surface area contributed by atoms with E-state index >= 15 is 0 Å². The summed E-state index contributed by atoms with van der Waals surface area (Å²) in [6.45, 7) is 4.19. The number of rotatable bonds is 2. The fraction of sp³-hybridized carbons (Fsp3) is 0.929. The summed E-state index contributed by atoms with van der Waals surface area (Å²) < 4.78 is 0. The van der Waals surface area contributed by atoms with Gasteiger partial charge < -0.3 is 9.80 Å². The van der Waals surface area contributed by atoms with E-state index in [-0.39, 0.29) is 6.04 Å². The topological polar surface area (TPSA) is 35.6 Å². The van der Waals surface area contributed by atoms with Gasteiger partial charge in [-0.2, -0.15) is 0 Å². The predicted octanol–water partition coefficient (Wildman–Crippen LogP) is 1.03. The first kappa shape index (κ1) is 12.4. The standard InChI is InChI=1S/C14H25N3O/c1-10-14(18)17(12-7-8-16(2)9-12)13(15-10)11-5-3-4-6-11/h10-13,15H,3-9H2,1-2H3. The maximum Gasteiger partial charge on any atom is 0.241 e. The van der Waals surface area contributed by atoms with E-state index in [9.17, 15) is 4.79 Å². The van der Waals surface area contributed by atoms with Crippen LogP contribution >= 0.6 is 0 Å². The zero-order chi connectivity index (χ0) is 12.7. The van der Waals surface area contributed by atoms with E-state index in [2.05, 4.69) is 22.2 Å². The summed E-state index contributed by atoms with van der Waals surface area (Å²) >= 11 is 0. The van der Waals surface area contributed by atoms with E-state index < -0.39 is 0 Å². The van der Waals surface area contributed by atoms with Crippen molar-refractivity contribution in [2.24, 2.45) is 5.92 Å². The Labute approximate surface area is 110 Å². The van der Waals surface area contributed by atoms with Gasteiger partial charge >= 0.3 is 0 Å². The third-order valence-corrected chi connectivity index (χ3v) is 4.95. The molecule has 3 rings (SSSR count). The van der Waals surface area contributed by atoms with Gasteiger partial charge in [-0.15, -0.1) is 0 Å². The SMILES string of the molecule is CC1NC(C2CCCC2)N(C2CCN(C)C2)C1=O. The van der Waals surface area contributed by atoms with Gasteiger partial charge in [0.15, 0.2) is 0 Å². The number of hydrogen-bond acceptors (Lipinski definition) is 3. The van der Waals surface area contributed by atoms with E-state index in [1.165, 1.54) is 25.7 Å². The van der Waals surface area contributed by atoms with E-state index in [1.54, 1.807) is 0 Å². The molecule has 1 saturated carbocycles. The molecule has 0 aromatic rings. The van der Waals surface area contributed by atoms with Gasteiger partial charge in [-0.3, -0.25) is 10.1 Å². The van der Waals surface area contributed by atoms with Gasteiger partial charge in [0.1, 0.15) is 0 Å². The van der Waals surface area contributed by atoms with Crippen LogP contribution in [0.25, 0.3) is 0 Å². The zero-order valence-corrected chi connectivity index (χ0v) is 11.6. The molecule has 3 atom stereocenters. The monoisotopic (exact) mass is 251 g/mol. The van der Waals surface area contributed by atoms with Gasteiger partial charge in [0, 0.05) is 12.6 Å². The largest absolute Gasteiger partial charge is 0.321 e.